The van der Waals surface area contributed by atoms with Gasteiger partial charge >= 0.3 is 70.6 Å². The van der Waals surface area contributed by atoms with Crippen molar-refractivity contribution in [2.75, 3.05) is 0 Å². The summed E-state index contributed by atoms with van der Waals surface area (Å²) in [5.74, 6) is 0. The minimum Gasteiger partial charge on any atom is -1.00 e. The van der Waals surface area contributed by atoms with Crippen LogP contribution in [-0.4, -0.2) is 34.7 Å². The molecule has 1 heterocycles. The van der Waals surface area contributed by atoms with Crippen molar-refractivity contribution in [2.45, 2.75) is 0 Å². The van der Waals surface area contributed by atoms with Crippen LogP contribution in [0.3, 0.4) is 0 Å². The summed E-state index contributed by atoms with van der Waals surface area (Å²) in [6.45, 7) is 0. The summed E-state index contributed by atoms with van der Waals surface area (Å²) in [6.07, 6.45) is 0. The van der Waals surface area contributed by atoms with Crippen molar-refractivity contribution in [3.05, 3.63) is 9.73 Å². The van der Waals surface area contributed by atoms with Crippen LogP contribution in [0.4, 0.5) is 0 Å². The normalized spacial score (nSPS) is 16.0. The number of hydrogen-bond donors (Lipinski definition) is 0. The van der Waals surface area contributed by atoms with Gasteiger partial charge in [-0.3, -0.25) is 0 Å². The molecule has 0 aliphatic carbocycles. The smallest absolute Gasteiger partial charge is 1.00 e. The molecule has 1 aliphatic heterocycles. The Hall–Kier alpha value is 2.19. The summed E-state index contributed by atoms with van der Waals surface area (Å²) in [6, 6.07) is 0. The molecule has 5 heteroatoms. The molecule has 0 aromatic rings. The van der Waals surface area contributed by atoms with E-state index in [4.69, 9.17) is 0 Å². The van der Waals surface area contributed by atoms with Crippen LogP contribution in [0.1, 0.15) is 0 Å². The molecular formula is C3H3As2Cl2Zr. The standard InChI is InChI=1S/C3H3As2.2ClH.Zr/c1-2-5-3-4-1;;;/h1-2,4H;2*1H;/q-1;;;+3/p-2. The van der Waals surface area contributed by atoms with Crippen LogP contribution in [0.5, 0.6) is 0 Å². The average Bonchev–Trinajstić information content (AvgIpc) is 1.76. The van der Waals surface area contributed by atoms with Gasteiger partial charge in [0, 0.05) is 0 Å². The first-order valence-electron chi connectivity index (χ1n) is 1.35. The summed E-state index contributed by atoms with van der Waals surface area (Å²) in [4.78, 5) is 4.57. The topological polar surface area (TPSA) is 0 Å². The van der Waals surface area contributed by atoms with E-state index in [0.717, 1.165) is 0 Å². The van der Waals surface area contributed by atoms with E-state index in [1.165, 1.54) is 0 Å². The quantitative estimate of drug-likeness (QED) is 0.301. The second-order valence-electron chi connectivity index (χ2n) is 0.701. The van der Waals surface area contributed by atoms with Gasteiger partial charge in [0.1, 0.15) is 0 Å². The molecule has 0 fully saturated rings. The zero-order valence-corrected chi connectivity index (χ0v) is 11.8. The van der Waals surface area contributed by atoms with Crippen molar-refractivity contribution in [3.8, 4) is 0 Å². The van der Waals surface area contributed by atoms with Gasteiger partial charge in [-0.15, -0.1) is 0 Å². The van der Waals surface area contributed by atoms with Gasteiger partial charge in [-0.2, -0.15) is 0 Å². The Bertz CT molecular complexity index is 73.4. The van der Waals surface area contributed by atoms with Crippen LogP contribution >= 0.6 is 0 Å². The molecule has 0 bridgehead atoms. The second-order valence-corrected chi connectivity index (χ2v) is 6.08. The van der Waals surface area contributed by atoms with Gasteiger partial charge in [0.15, 0.2) is 0 Å². The summed E-state index contributed by atoms with van der Waals surface area (Å²) in [5, 5.41) is 0. The molecule has 0 aromatic carbocycles. The van der Waals surface area contributed by atoms with Gasteiger partial charge < -0.3 is 24.8 Å². The molecule has 0 nitrogen and oxygen atoms in total. The summed E-state index contributed by atoms with van der Waals surface area (Å²) < 4.78 is 3.33. The first-order chi connectivity index (χ1) is 2.50. The Morgan fingerprint density at radius 2 is 2.00 bits per heavy atom. The maximum atomic E-state index is 3.33. The average molecular weight is 351 g/mol. The Morgan fingerprint density at radius 3 is 2.12 bits per heavy atom. The Morgan fingerprint density at radius 1 is 1.38 bits per heavy atom. The predicted octanol–water partition coefficient (Wildman–Crippen LogP) is -6.75. The molecule has 1 radical (unpaired) electrons. The third kappa shape index (κ3) is 8.19. The van der Waals surface area contributed by atoms with E-state index in [2.05, 4.69) is 13.3 Å². The van der Waals surface area contributed by atoms with E-state index in [1.54, 1.807) is 0 Å². The van der Waals surface area contributed by atoms with E-state index in [1.807, 2.05) is 0 Å². The van der Waals surface area contributed by atoms with Crippen LogP contribution in [0.15, 0.2) is 9.73 Å². The molecule has 0 saturated heterocycles. The monoisotopic (exact) mass is 349 g/mol. The molecule has 1 aliphatic rings. The van der Waals surface area contributed by atoms with E-state index >= 15 is 0 Å². The van der Waals surface area contributed by atoms with Crippen LogP contribution < -0.4 is 24.8 Å². The molecule has 1 atom stereocenters. The minimum absolute atomic E-state index is 0. The number of halogens is 2. The van der Waals surface area contributed by atoms with Gasteiger partial charge in [-0.1, -0.05) is 0 Å². The first-order valence-corrected chi connectivity index (χ1v) is 5.64. The van der Waals surface area contributed by atoms with Gasteiger partial charge in [-0.25, -0.2) is 0 Å². The van der Waals surface area contributed by atoms with E-state index in [0.29, 0.717) is 15.3 Å². The maximum absolute atomic E-state index is 3.33. The number of rotatable bonds is 0. The van der Waals surface area contributed by atoms with E-state index in [-0.39, 0.29) is 66.8 Å². The van der Waals surface area contributed by atoms with Gasteiger partial charge in [0.05, 0.1) is 0 Å². The van der Waals surface area contributed by atoms with Crippen molar-refractivity contribution >= 4 is 34.7 Å². The fraction of sp³-hybridized carbons (Fsp3) is 0. The SMILES string of the molecule is [C-]1=[As]C=C[AsH]1.[Cl-].[Cl-].[Zr+3]. The van der Waals surface area contributed by atoms with Crippen molar-refractivity contribution in [1.29, 1.82) is 0 Å². The predicted molar refractivity (Wildman–Crippen MR) is 27.0 cm³/mol. The second kappa shape index (κ2) is 11.9. The zero-order chi connectivity index (χ0) is 3.54. The van der Waals surface area contributed by atoms with E-state index in [9.17, 15) is 0 Å². The molecule has 0 saturated carbocycles. The Balaban J connectivity index is -0.0000000833. The Labute approximate surface area is 94.1 Å². The molecule has 0 N–H and O–H groups in total. The largest absolute Gasteiger partial charge is 3.00 e. The van der Waals surface area contributed by atoms with Crippen LogP contribution in [-0.2, 0) is 26.2 Å². The molecular weight excluding hydrogens is 348 g/mol. The van der Waals surface area contributed by atoms with Gasteiger partial charge in [0.2, 0.25) is 0 Å². The molecule has 43 valence electrons. The molecule has 1 unspecified atom stereocenters. The van der Waals surface area contributed by atoms with Crippen LogP contribution in [0.25, 0.3) is 0 Å². The zero-order valence-electron chi connectivity index (χ0n) is 3.86. The van der Waals surface area contributed by atoms with Gasteiger partial charge in [-0.05, 0) is 0 Å². The third-order valence-electron chi connectivity index (χ3n) is 0.362. The summed E-state index contributed by atoms with van der Waals surface area (Å²) in [5.41, 5.74) is 0. The fourth-order valence-corrected chi connectivity index (χ4v) is 5.03. The summed E-state index contributed by atoms with van der Waals surface area (Å²) >= 11 is 0.729. The van der Waals surface area contributed by atoms with E-state index < -0.39 is 0 Å². The third-order valence-corrected chi connectivity index (χ3v) is 6.32. The Kier molecular flexibility index (Phi) is 24.8. The van der Waals surface area contributed by atoms with Crippen molar-refractivity contribution in [3.63, 3.8) is 0 Å². The fourth-order valence-electron chi connectivity index (χ4n) is 0.186. The van der Waals surface area contributed by atoms with Crippen molar-refractivity contribution in [1.82, 2.24) is 0 Å². The molecule has 0 spiro atoms. The van der Waals surface area contributed by atoms with Crippen LogP contribution in [0, 0.1) is 0 Å². The van der Waals surface area contributed by atoms with Crippen LogP contribution in [0.2, 0.25) is 0 Å². The summed E-state index contributed by atoms with van der Waals surface area (Å²) in [7, 11) is 0. The minimum atomic E-state index is 0. The first kappa shape index (κ1) is 16.6. The van der Waals surface area contributed by atoms with Crippen molar-refractivity contribution < 1.29 is 51.0 Å². The molecule has 0 amide bonds. The number of hydrogen-bond acceptors (Lipinski definition) is 0. The molecule has 0 aromatic heterocycles. The van der Waals surface area contributed by atoms with Gasteiger partial charge in [0.25, 0.3) is 0 Å². The molecule has 8 heavy (non-hydrogen) atoms. The maximum Gasteiger partial charge on any atom is 3.00 e. The van der Waals surface area contributed by atoms with Crippen molar-refractivity contribution in [2.24, 2.45) is 0 Å². The molecule has 1 rings (SSSR count).